The molecule has 0 aromatic carbocycles. The summed E-state index contributed by atoms with van der Waals surface area (Å²) in [6.45, 7) is 0.922. The zero-order chi connectivity index (χ0) is 22.0. The zero-order valence-electron chi connectivity index (χ0n) is 16.7. The quantitative estimate of drug-likeness (QED) is 0.127. The molecule has 1 saturated heterocycles. The Balaban J connectivity index is 0.00000341. The first kappa shape index (κ1) is 25.1. The maximum atomic E-state index is 12.7. The molecule has 1 aromatic rings. The Morgan fingerprint density at radius 2 is 2.16 bits per heavy atom. The van der Waals surface area contributed by atoms with Gasteiger partial charge in [-0.2, -0.15) is 0 Å². The normalized spacial score (nSPS) is 20.3. The van der Waals surface area contributed by atoms with Crippen LogP contribution in [0, 0.1) is 0 Å². The average Bonchev–Trinajstić information content (AvgIpc) is 3.13. The first-order valence-electron chi connectivity index (χ1n) is 8.39. The summed E-state index contributed by atoms with van der Waals surface area (Å²) < 4.78 is 4.85. The summed E-state index contributed by atoms with van der Waals surface area (Å²) in [4.78, 5) is 57.8. The molecule has 2 aliphatic heterocycles. The van der Waals surface area contributed by atoms with Crippen LogP contribution >= 0.6 is 23.1 Å². The minimum atomic E-state index is -1.57. The van der Waals surface area contributed by atoms with Gasteiger partial charge in [-0.3, -0.25) is 19.3 Å². The number of oxime groups is 1. The first-order chi connectivity index (χ1) is 14.2. The van der Waals surface area contributed by atoms with Crippen molar-refractivity contribution in [2.24, 2.45) is 5.16 Å². The number of fused-ring (bicyclic) bond motifs is 1. The topological polar surface area (TPSA) is 176 Å². The molecular weight excluding hydrogens is 461 g/mol. The van der Waals surface area contributed by atoms with E-state index in [-0.39, 0.29) is 64.0 Å². The van der Waals surface area contributed by atoms with Gasteiger partial charge in [-0.15, -0.1) is 11.8 Å². The molecule has 0 bridgehead atoms. The molecule has 0 aliphatic carbocycles. The molecule has 3 heterocycles. The van der Waals surface area contributed by atoms with E-state index in [0.717, 1.165) is 16.2 Å². The molecule has 3 N–H and O–H groups in total. The summed E-state index contributed by atoms with van der Waals surface area (Å²) in [7, 11) is 1.26. The van der Waals surface area contributed by atoms with Gasteiger partial charge in [0.15, 0.2) is 10.8 Å². The van der Waals surface area contributed by atoms with Crippen LogP contribution in [0.5, 0.6) is 0 Å². The van der Waals surface area contributed by atoms with E-state index in [9.17, 15) is 24.3 Å². The molecule has 12 nitrogen and oxygen atoms in total. The van der Waals surface area contributed by atoms with E-state index in [2.05, 4.69) is 15.5 Å². The number of aromatic nitrogens is 1. The molecule has 31 heavy (non-hydrogen) atoms. The number of carboxylic acid groups (broad SMARTS) is 1. The molecule has 3 rings (SSSR count). The number of β-lactam (4-membered cyclic amide) rings is 1. The molecule has 1 aromatic heterocycles. The number of nitrogens with two attached hydrogens (primary N) is 1. The molecule has 2 aliphatic rings. The van der Waals surface area contributed by atoms with E-state index in [4.69, 9.17) is 15.3 Å². The van der Waals surface area contributed by atoms with Gasteiger partial charge in [0.05, 0.1) is 16.5 Å². The van der Waals surface area contributed by atoms with Crippen LogP contribution in [0.3, 0.4) is 0 Å². The Hall–Kier alpha value is -2.13. The number of anilines is 1. The maximum Gasteiger partial charge on any atom is 1.00 e. The Kier molecular flexibility index (Phi) is 8.48. The van der Waals surface area contributed by atoms with Crippen LogP contribution in [-0.2, 0) is 28.8 Å². The number of ether oxygens (including phenoxy) is 1. The van der Waals surface area contributed by atoms with Gasteiger partial charge < -0.3 is 30.5 Å². The van der Waals surface area contributed by atoms with Gasteiger partial charge in [-0.05, 0) is 0 Å². The van der Waals surface area contributed by atoms with Gasteiger partial charge in [0.25, 0.3) is 11.8 Å². The first-order valence-corrected chi connectivity index (χ1v) is 10.3. The molecule has 0 radical (unpaired) electrons. The minimum absolute atomic E-state index is 0. The number of nitrogens with one attached hydrogen (secondary N) is 1. The van der Waals surface area contributed by atoms with E-state index in [1.54, 1.807) is 0 Å². The van der Waals surface area contributed by atoms with Crippen LogP contribution in [-0.4, -0.2) is 70.2 Å². The number of thioether (sulfide) groups is 1. The molecule has 1 fully saturated rings. The van der Waals surface area contributed by atoms with Crippen molar-refractivity contribution in [3.63, 3.8) is 0 Å². The Morgan fingerprint density at radius 3 is 2.71 bits per heavy atom. The van der Waals surface area contributed by atoms with Crippen LogP contribution in [0.1, 0.15) is 11.8 Å². The van der Waals surface area contributed by atoms with E-state index >= 15 is 0 Å². The van der Waals surface area contributed by atoms with E-state index in [1.165, 1.54) is 32.0 Å². The summed E-state index contributed by atoms with van der Waals surface area (Å²) >= 11 is 2.23. The summed E-state index contributed by atoms with van der Waals surface area (Å²) in [6, 6.07) is -0.987. The number of carbonyl (C=O) groups is 4. The van der Waals surface area contributed by atoms with E-state index in [0.29, 0.717) is 4.88 Å². The van der Waals surface area contributed by atoms with Crippen molar-refractivity contribution in [3.8, 4) is 0 Å². The molecular formula is C16H16N5NaO7S2. The Labute approximate surface area is 206 Å². The second kappa shape index (κ2) is 10.5. The molecule has 0 unspecified atom stereocenters. The number of hydrogen-bond acceptors (Lipinski definition) is 12. The fraction of sp³-hybridized carbons (Fsp3) is 0.375. The van der Waals surface area contributed by atoms with Gasteiger partial charge in [0.2, 0.25) is 0 Å². The third kappa shape index (κ3) is 5.20. The Morgan fingerprint density at radius 1 is 1.45 bits per heavy atom. The summed E-state index contributed by atoms with van der Waals surface area (Å²) in [5, 5.41) is 17.4. The van der Waals surface area contributed by atoms with Gasteiger partial charge in [0, 0.05) is 24.4 Å². The van der Waals surface area contributed by atoms with Crippen molar-refractivity contribution in [1.82, 2.24) is 15.2 Å². The standard InChI is InChI=1S/C16H17N5O7S2.Na/c1-6(22)28-4-7-5-29-14-10(13(24)21(14)11(7)15(25)26)19-12(23)9(20-27-2)8-3-18-16(17)30-8;/h3,10,14H,4-5H2,1-2H3,(H2,17,18)(H,19,23)(H,25,26);/q;+1/p-1/b20-9-;/t10-,14-;/m1./s1. The fourth-order valence-corrected chi connectivity index (χ4v) is 4.86. The second-order valence-electron chi connectivity index (χ2n) is 6.07. The van der Waals surface area contributed by atoms with Gasteiger partial charge >= 0.3 is 35.5 Å². The van der Waals surface area contributed by atoms with Crippen molar-refractivity contribution < 1.29 is 63.4 Å². The Bertz CT molecular complexity index is 979. The van der Waals surface area contributed by atoms with Crippen molar-refractivity contribution in [2.75, 3.05) is 25.2 Å². The number of esters is 1. The molecule has 2 amide bonds. The van der Waals surface area contributed by atoms with Crippen molar-refractivity contribution in [2.45, 2.75) is 18.3 Å². The fourth-order valence-electron chi connectivity index (χ4n) is 2.87. The zero-order valence-corrected chi connectivity index (χ0v) is 20.4. The number of carboxylic acids is 1. The second-order valence-corrected chi connectivity index (χ2v) is 8.23. The molecule has 15 heteroatoms. The number of nitrogen functional groups attached to an aromatic ring is 1. The largest absolute Gasteiger partial charge is 1.00 e. The minimum Gasteiger partial charge on any atom is -0.543 e. The average molecular weight is 477 g/mol. The number of nitrogens with zero attached hydrogens (tertiary/aromatic N) is 3. The van der Waals surface area contributed by atoms with Crippen LogP contribution in [0.15, 0.2) is 22.6 Å². The van der Waals surface area contributed by atoms with Crippen LogP contribution in [0.2, 0.25) is 0 Å². The van der Waals surface area contributed by atoms with Gasteiger partial charge in [-0.1, -0.05) is 16.5 Å². The summed E-state index contributed by atoms with van der Waals surface area (Å²) in [6.07, 6.45) is 1.35. The molecule has 2 atom stereocenters. The van der Waals surface area contributed by atoms with Crippen LogP contribution in [0.25, 0.3) is 0 Å². The van der Waals surface area contributed by atoms with Crippen molar-refractivity contribution in [1.29, 1.82) is 0 Å². The van der Waals surface area contributed by atoms with Gasteiger partial charge in [0.1, 0.15) is 25.1 Å². The molecule has 160 valence electrons. The smallest absolute Gasteiger partial charge is 0.543 e. The third-order valence-corrected chi connectivity index (χ3v) is 6.30. The number of carbonyl (C=O) groups excluding carboxylic acids is 4. The molecule has 0 saturated carbocycles. The van der Waals surface area contributed by atoms with Crippen molar-refractivity contribution in [3.05, 3.63) is 22.3 Å². The number of aliphatic carboxylic acids is 1. The number of rotatable bonds is 7. The number of amides is 2. The SMILES string of the molecule is CO/N=C(\C(=O)N[C@@H]1C(=O)N2C(C(=O)[O-])=C(COC(C)=O)CS[C@H]12)c1cnc(N)s1.[Na+]. The number of thiazole rings is 1. The van der Waals surface area contributed by atoms with E-state index < -0.39 is 35.2 Å². The van der Waals surface area contributed by atoms with Crippen LogP contribution in [0.4, 0.5) is 5.13 Å². The maximum absolute atomic E-state index is 12.7. The number of hydrogen-bond donors (Lipinski definition) is 2. The summed E-state index contributed by atoms with van der Waals surface area (Å²) in [5.74, 6) is -3.31. The van der Waals surface area contributed by atoms with Gasteiger partial charge in [-0.25, -0.2) is 4.98 Å². The predicted molar refractivity (Wildman–Crippen MR) is 104 cm³/mol. The molecule has 0 spiro atoms. The van der Waals surface area contributed by atoms with Crippen LogP contribution < -0.4 is 45.7 Å². The summed E-state index contributed by atoms with van der Waals surface area (Å²) in [5.41, 5.74) is 5.35. The monoisotopic (exact) mass is 477 g/mol. The van der Waals surface area contributed by atoms with E-state index in [1.807, 2.05) is 0 Å². The van der Waals surface area contributed by atoms with Crippen molar-refractivity contribution >= 4 is 57.7 Å². The third-order valence-electron chi connectivity index (χ3n) is 4.13. The predicted octanol–water partition coefficient (Wildman–Crippen LogP) is -4.95.